The van der Waals surface area contributed by atoms with E-state index in [9.17, 15) is 20.4 Å². The molecule has 1 aliphatic rings. The highest BCUT2D eigenvalue weighted by molar-refractivity contribution is 5.64. The molecule has 0 amide bonds. The van der Waals surface area contributed by atoms with E-state index >= 15 is 0 Å². The zero-order valence-electron chi connectivity index (χ0n) is 18.3. The van der Waals surface area contributed by atoms with Crippen LogP contribution in [0.1, 0.15) is 33.9 Å². The zero-order valence-corrected chi connectivity index (χ0v) is 18.3. The number of benzene rings is 3. The topological polar surface area (TPSA) is 90.2 Å². The van der Waals surface area contributed by atoms with Gasteiger partial charge >= 0.3 is 0 Å². The lowest BCUT2D eigenvalue weighted by Crippen LogP contribution is -2.55. The maximum Gasteiger partial charge on any atom is 0.113 e. The van der Waals surface area contributed by atoms with E-state index in [-0.39, 0.29) is 0 Å². The minimum absolute atomic E-state index is 0.437. The third-order valence-corrected chi connectivity index (χ3v) is 6.33. The van der Waals surface area contributed by atoms with Crippen LogP contribution in [0.2, 0.25) is 0 Å². The minimum Gasteiger partial charge on any atom is -0.394 e. The van der Waals surface area contributed by atoms with Crippen LogP contribution in [0.5, 0.6) is 0 Å². The summed E-state index contributed by atoms with van der Waals surface area (Å²) in [6, 6.07) is 22.7. The van der Waals surface area contributed by atoms with Crippen molar-refractivity contribution in [2.24, 2.45) is 0 Å². The van der Waals surface area contributed by atoms with Gasteiger partial charge in [-0.15, -0.1) is 0 Å². The molecule has 3 aromatic carbocycles. The Balaban J connectivity index is 1.55. The quantitative estimate of drug-likeness (QED) is 0.496. The molecule has 0 unspecified atom stereocenters. The summed E-state index contributed by atoms with van der Waals surface area (Å²) in [5.41, 5.74) is 7.65. The molecule has 0 aliphatic carbocycles. The molecule has 1 heterocycles. The highest BCUT2D eigenvalue weighted by Gasteiger charge is 2.43. The van der Waals surface area contributed by atoms with Gasteiger partial charge in [0.15, 0.2) is 0 Å². The SMILES string of the molecule is Cc1ccc(-c2ccc(Cc3cc([C@@H]4O[C@H](CO)[C@@H](O)[C@H](O)[C@H]4O)ccc3C)cc2)cc1. The molecule has 3 aromatic rings. The van der Waals surface area contributed by atoms with Crippen molar-refractivity contribution in [2.75, 3.05) is 6.61 Å². The van der Waals surface area contributed by atoms with Crippen molar-refractivity contribution in [2.45, 2.75) is 50.8 Å². The average molecular weight is 435 g/mol. The first-order valence-electron chi connectivity index (χ1n) is 10.9. The van der Waals surface area contributed by atoms with E-state index in [2.05, 4.69) is 55.5 Å². The second-order valence-electron chi connectivity index (χ2n) is 8.68. The van der Waals surface area contributed by atoms with E-state index < -0.39 is 37.1 Å². The summed E-state index contributed by atoms with van der Waals surface area (Å²) in [6.45, 7) is 3.67. The molecule has 4 rings (SSSR count). The molecule has 5 heteroatoms. The smallest absolute Gasteiger partial charge is 0.113 e. The number of aliphatic hydroxyl groups is 4. The number of rotatable bonds is 5. The predicted octanol–water partition coefficient (Wildman–Crippen LogP) is 3.08. The number of aliphatic hydroxyl groups excluding tert-OH is 4. The van der Waals surface area contributed by atoms with Crippen LogP contribution in [0.4, 0.5) is 0 Å². The Bertz CT molecular complexity index is 1040. The van der Waals surface area contributed by atoms with Gasteiger partial charge in [0.05, 0.1) is 6.61 Å². The standard InChI is InChI=1S/C27H30O5/c1-16-3-8-19(9-4-16)20-11-6-18(7-12-20)13-22-14-21(10-5-17(22)2)27-26(31)25(30)24(29)23(15-28)32-27/h3-12,14,23-31H,13,15H2,1-2H3/t23-,24-,25+,26-,27+/m1/s1. The van der Waals surface area contributed by atoms with Gasteiger partial charge in [-0.25, -0.2) is 0 Å². The number of hydrogen-bond acceptors (Lipinski definition) is 5. The molecule has 1 aliphatic heterocycles. The molecule has 1 saturated heterocycles. The zero-order chi connectivity index (χ0) is 22.8. The van der Waals surface area contributed by atoms with E-state index in [0.29, 0.717) is 12.0 Å². The first-order chi connectivity index (χ1) is 15.4. The van der Waals surface area contributed by atoms with Gasteiger partial charge in [0.25, 0.3) is 0 Å². The largest absolute Gasteiger partial charge is 0.394 e. The molecule has 1 fully saturated rings. The Morgan fingerprint density at radius 2 is 1.38 bits per heavy atom. The van der Waals surface area contributed by atoms with Gasteiger partial charge in [-0.3, -0.25) is 0 Å². The van der Waals surface area contributed by atoms with E-state index in [4.69, 9.17) is 4.74 Å². The number of hydrogen-bond donors (Lipinski definition) is 4. The normalized spacial score (nSPS) is 25.6. The summed E-state index contributed by atoms with van der Waals surface area (Å²) in [4.78, 5) is 0. The molecule has 0 aromatic heterocycles. The lowest BCUT2D eigenvalue weighted by molar-refractivity contribution is -0.231. The average Bonchev–Trinajstić information content (AvgIpc) is 2.80. The summed E-state index contributed by atoms with van der Waals surface area (Å²) in [6.07, 6.45) is -5.05. The van der Waals surface area contributed by atoms with Crippen LogP contribution in [-0.2, 0) is 11.2 Å². The van der Waals surface area contributed by atoms with Crippen molar-refractivity contribution in [3.63, 3.8) is 0 Å². The number of ether oxygens (including phenoxy) is 1. The van der Waals surface area contributed by atoms with Gasteiger partial charge in [0.1, 0.15) is 30.5 Å². The van der Waals surface area contributed by atoms with Crippen molar-refractivity contribution in [3.05, 3.63) is 94.5 Å². The molecule has 32 heavy (non-hydrogen) atoms. The Hall–Kier alpha value is -2.54. The van der Waals surface area contributed by atoms with Gasteiger partial charge in [-0.1, -0.05) is 72.3 Å². The van der Waals surface area contributed by atoms with Gasteiger partial charge in [0, 0.05) is 0 Å². The van der Waals surface area contributed by atoms with Crippen LogP contribution < -0.4 is 0 Å². The second kappa shape index (κ2) is 9.53. The van der Waals surface area contributed by atoms with Crippen LogP contribution in [0.15, 0.2) is 66.7 Å². The number of aryl methyl sites for hydroxylation is 2. The summed E-state index contributed by atoms with van der Waals surface area (Å²) >= 11 is 0. The van der Waals surface area contributed by atoms with Crippen LogP contribution in [0.3, 0.4) is 0 Å². The maximum atomic E-state index is 10.5. The molecule has 0 spiro atoms. The molecule has 0 radical (unpaired) electrons. The monoisotopic (exact) mass is 434 g/mol. The molecule has 0 saturated carbocycles. The minimum atomic E-state index is -1.38. The van der Waals surface area contributed by atoms with E-state index in [1.165, 1.54) is 16.7 Å². The van der Waals surface area contributed by atoms with Crippen molar-refractivity contribution in [1.29, 1.82) is 0 Å². The lowest BCUT2D eigenvalue weighted by Gasteiger charge is -2.40. The fourth-order valence-electron chi connectivity index (χ4n) is 4.22. The van der Waals surface area contributed by atoms with Crippen LogP contribution in [0.25, 0.3) is 11.1 Å². The molecule has 0 bridgehead atoms. The Morgan fingerprint density at radius 3 is 2.00 bits per heavy atom. The lowest BCUT2D eigenvalue weighted by atomic mass is 9.89. The maximum absolute atomic E-state index is 10.5. The summed E-state index contributed by atoms with van der Waals surface area (Å²) < 4.78 is 5.72. The van der Waals surface area contributed by atoms with Crippen molar-refractivity contribution in [1.82, 2.24) is 0 Å². The second-order valence-corrected chi connectivity index (χ2v) is 8.68. The molecule has 5 atom stereocenters. The van der Waals surface area contributed by atoms with Gasteiger partial charge < -0.3 is 25.2 Å². The predicted molar refractivity (Wildman–Crippen MR) is 123 cm³/mol. The first kappa shape index (κ1) is 22.6. The van der Waals surface area contributed by atoms with E-state index in [1.54, 1.807) is 0 Å². The fourth-order valence-corrected chi connectivity index (χ4v) is 4.22. The molecule has 4 N–H and O–H groups in total. The molecule has 168 valence electrons. The Labute approximate surface area is 188 Å². The van der Waals surface area contributed by atoms with Crippen LogP contribution in [-0.4, -0.2) is 51.4 Å². The Morgan fingerprint density at radius 1 is 0.750 bits per heavy atom. The molecule has 5 nitrogen and oxygen atoms in total. The highest BCUT2D eigenvalue weighted by Crippen LogP contribution is 2.33. The summed E-state index contributed by atoms with van der Waals surface area (Å²) in [5, 5.41) is 40.1. The summed E-state index contributed by atoms with van der Waals surface area (Å²) in [7, 11) is 0. The van der Waals surface area contributed by atoms with E-state index in [0.717, 1.165) is 16.7 Å². The summed E-state index contributed by atoms with van der Waals surface area (Å²) in [5.74, 6) is 0. The van der Waals surface area contributed by atoms with Gasteiger partial charge in [-0.05, 0) is 53.6 Å². The third kappa shape index (κ3) is 4.63. The Kier molecular flexibility index (Phi) is 6.74. The van der Waals surface area contributed by atoms with Crippen molar-refractivity contribution >= 4 is 0 Å². The van der Waals surface area contributed by atoms with Crippen molar-refractivity contribution in [3.8, 4) is 11.1 Å². The third-order valence-electron chi connectivity index (χ3n) is 6.33. The highest BCUT2D eigenvalue weighted by atomic mass is 16.5. The molecular weight excluding hydrogens is 404 g/mol. The van der Waals surface area contributed by atoms with E-state index in [1.807, 2.05) is 25.1 Å². The van der Waals surface area contributed by atoms with Gasteiger partial charge in [-0.2, -0.15) is 0 Å². The van der Waals surface area contributed by atoms with Gasteiger partial charge in [0.2, 0.25) is 0 Å². The first-order valence-corrected chi connectivity index (χ1v) is 10.9. The molecular formula is C27H30O5. The fraction of sp³-hybridized carbons (Fsp3) is 0.333. The van der Waals surface area contributed by atoms with Crippen LogP contribution in [0, 0.1) is 13.8 Å². The van der Waals surface area contributed by atoms with Crippen LogP contribution >= 0.6 is 0 Å². The van der Waals surface area contributed by atoms with Crippen molar-refractivity contribution < 1.29 is 25.2 Å².